The molecule has 0 amide bonds. The third-order valence-electron chi connectivity index (χ3n) is 3.39. The summed E-state index contributed by atoms with van der Waals surface area (Å²) in [6.07, 6.45) is -4.69. The maximum Gasteiger partial charge on any atom is 0.116 e. The maximum atomic E-state index is 10.2. The van der Waals surface area contributed by atoms with Gasteiger partial charge in [-0.05, 0) is 23.9 Å². The van der Waals surface area contributed by atoms with E-state index >= 15 is 0 Å². The Bertz CT molecular complexity index is 516. The first-order chi connectivity index (χ1) is 8.95. The molecule has 0 aliphatic carbocycles. The monoisotopic (exact) mass is 281 g/mol. The molecule has 102 valence electrons. The Labute approximate surface area is 113 Å². The molecule has 0 bridgehead atoms. The summed E-state index contributed by atoms with van der Waals surface area (Å²) in [6, 6.07) is 6.94. The Hall–Kier alpha value is -1.02. The molecule has 1 aliphatic rings. The van der Waals surface area contributed by atoms with Crippen LogP contribution in [0.5, 0.6) is 0 Å². The van der Waals surface area contributed by atoms with Gasteiger partial charge in [-0.15, -0.1) is 9.24 Å². The van der Waals surface area contributed by atoms with Gasteiger partial charge in [-0.3, -0.25) is 0 Å². The Morgan fingerprint density at radius 2 is 2.05 bits per heavy atom. The van der Waals surface area contributed by atoms with Gasteiger partial charge in [0.25, 0.3) is 0 Å². The van der Waals surface area contributed by atoms with Crippen LogP contribution in [0.15, 0.2) is 18.2 Å². The van der Waals surface area contributed by atoms with Gasteiger partial charge in [0, 0.05) is 0 Å². The highest BCUT2D eigenvalue weighted by molar-refractivity contribution is 7.27. The summed E-state index contributed by atoms with van der Waals surface area (Å²) < 4.78 is 5.37. The predicted molar refractivity (Wildman–Crippen MR) is 71.8 cm³/mol. The molecule has 6 atom stereocenters. The quantitative estimate of drug-likeness (QED) is 0.641. The van der Waals surface area contributed by atoms with E-state index in [-0.39, 0.29) is 0 Å². The van der Waals surface area contributed by atoms with Crippen LogP contribution in [0.2, 0.25) is 0 Å². The van der Waals surface area contributed by atoms with Crippen molar-refractivity contribution >= 4 is 14.5 Å². The van der Waals surface area contributed by atoms with E-state index in [1.807, 2.05) is 6.07 Å². The number of aliphatic hydroxyl groups is 3. The molecular weight excluding hydrogens is 265 g/mol. The van der Waals surface area contributed by atoms with E-state index in [1.54, 1.807) is 25.1 Å². The molecule has 1 unspecified atom stereocenters. The predicted octanol–water partition coefficient (Wildman–Crippen LogP) is -0.399. The Morgan fingerprint density at radius 3 is 2.58 bits per heavy atom. The van der Waals surface area contributed by atoms with Crippen LogP contribution in [0.4, 0.5) is 0 Å². The smallest absolute Gasteiger partial charge is 0.116 e. The first-order valence-electron chi connectivity index (χ1n) is 5.95. The van der Waals surface area contributed by atoms with Gasteiger partial charge in [-0.2, -0.15) is 5.26 Å². The zero-order valence-electron chi connectivity index (χ0n) is 10.4. The third-order valence-corrected chi connectivity index (χ3v) is 3.89. The van der Waals surface area contributed by atoms with E-state index in [4.69, 9.17) is 10.00 Å². The fourth-order valence-corrected chi connectivity index (χ4v) is 2.43. The van der Waals surface area contributed by atoms with Crippen molar-refractivity contribution in [1.29, 1.82) is 5.26 Å². The number of ether oxygens (including phenoxy) is 1. The van der Waals surface area contributed by atoms with Crippen LogP contribution < -0.4 is 5.30 Å². The molecule has 1 aliphatic heterocycles. The molecule has 0 aromatic heterocycles. The standard InChI is InChI=1S/C13H16NO4P/c1-6-10(15)12(17)13(18-6)11(16)7-2-3-9(19)8(4-7)5-14/h2-4,6,10-13,15-17H,19H2,1H3/t6-,10-,11+,12-,13+/m0/s1. The van der Waals surface area contributed by atoms with Gasteiger partial charge in [-0.1, -0.05) is 12.1 Å². The minimum atomic E-state index is -1.15. The van der Waals surface area contributed by atoms with E-state index in [9.17, 15) is 15.3 Å². The summed E-state index contributed by atoms with van der Waals surface area (Å²) in [4.78, 5) is 0. The molecule has 1 heterocycles. The highest BCUT2D eigenvalue weighted by atomic mass is 31.0. The lowest BCUT2D eigenvalue weighted by atomic mass is 9.97. The summed E-state index contributed by atoms with van der Waals surface area (Å²) >= 11 is 0. The van der Waals surface area contributed by atoms with Crippen molar-refractivity contribution in [3.8, 4) is 6.07 Å². The topological polar surface area (TPSA) is 93.7 Å². The molecule has 0 radical (unpaired) electrons. The van der Waals surface area contributed by atoms with Crippen LogP contribution in [0.25, 0.3) is 0 Å². The first-order valence-corrected chi connectivity index (χ1v) is 6.52. The lowest BCUT2D eigenvalue weighted by Crippen LogP contribution is -2.35. The minimum absolute atomic E-state index is 0.433. The molecule has 0 saturated carbocycles. The Balaban J connectivity index is 2.25. The second kappa shape index (κ2) is 5.54. The Kier molecular flexibility index (Phi) is 4.19. The molecule has 1 fully saturated rings. The first kappa shape index (κ1) is 14.4. The molecule has 19 heavy (non-hydrogen) atoms. The number of benzene rings is 1. The largest absolute Gasteiger partial charge is 0.388 e. The van der Waals surface area contributed by atoms with Crippen LogP contribution in [0.3, 0.4) is 0 Å². The molecular formula is C13H16NO4P. The second-order valence-corrected chi connectivity index (χ2v) is 5.31. The fourth-order valence-electron chi connectivity index (χ4n) is 2.19. The third kappa shape index (κ3) is 2.64. The van der Waals surface area contributed by atoms with Gasteiger partial charge in [0.2, 0.25) is 0 Å². The van der Waals surface area contributed by atoms with Gasteiger partial charge in [0.05, 0.1) is 17.7 Å². The van der Waals surface area contributed by atoms with Crippen molar-refractivity contribution in [2.45, 2.75) is 37.4 Å². The van der Waals surface area contributed by atoms with Gasteiger partial charge < -0.3 is 20.1 Å². The second-order valence-electron chi connectivity index (χ2n) is 4.69. The highest BCUT2D eigenvalue weighted by Gasteiger charge is 2.44. The summed E-state index contributed by atoms with van der Waals surface area (Å²) in [5.41, 5.74) is 0.913. The fraction of sp³-hybridized carbons (Fsp3) is 0.462. The lowest BCUT2D eigenvalue weighted by molar-refractivity contribution is -0.0635. The number of aliphatic hydroxyl groups excluding tert-OH is 3. The molecule has 0 spiro atoms. The molecule has 6 heteroatoms. The normalized spacial score (nSPS) is 32.0. The number of rotatable bonds is 2. The van der Waals surface area contributed by atoms with Crippen molar-refractivity contribution in [3.05, 3.63) is 29.3 Å². The van der Waals surface area contributed by atoms with Crippen molar-refractivity contribution in [2.24, 2.45) is 0 Å². The SMILES string of the molecule is C[C@@H]1O[C@H]([C@H](O)c2ccc(P)c(C#N)c2)[C@@H](O)[C@H]1O. The summed E-state index contributed by atoms with van der Waals surface area (Å²) in [5.74, 6) is 0. The average molecular weight is 281 g/mol. The van der Waals surface area contributed by atoms with Crippen LogP contribution in [-0.2, 0) is 4.74 Å². The Morgan fingerprint density at radius 1 is 1.37 bits per heavy atom. The number of hydrogen-bond acceptors (Lipinski definition) is 5. The molecule has 1 saturated heterocycles. The molecule has 1 aromatic rings. The van der Waals surface area contributed by atoms with Crippen LogP contribution in [0.1, 0.15) is 24.2 Å². The summed E-state index contributed by atoms with van der Waals surface area (Å²) in [5, 5.41) is 39.4. The lowest BCUT2D eigenvalue weighted by Gasteiger charge is -2.21. The minimum Gasteiger partial charge on any atom is -0.388 e. The van der Waals surface area contributed by atoms with E-state index in [0.717, 1.165) is 5.30 Å². The summed E-state index contributed by atoms with van der Waals surface area (Å²) in [7, 11) is 2.44. The van der Waals surface area contributed by atoms with Gasteiger partial charge >= 0.3 is 0 Å². The maximum absolute atomic E-state index is 10.2. The van der Waals surface area contributed by atoms with E-state index < -0.39 is 30.5 Å². The van der Waals surface area contributed by atoms with Gasteiger partial charge in [-0.25, -0.2) is 0 Å². The molecule has 2 rings (SSSR count). The molecule has 1 aromatic carbocycles. The molecule has 5 nitrogen and oxygen atoms in total. The van der Waals surface area contributed by atoms with Crippen molar-refractivity contribution in [1.82, 2.24) is 0 Å². The van der Waals surface area contributed by atoms with Crippen molar-refractivity contribution in [2.75, 3.05) is 0 Å². The van der Waals surface area contributed by atoms with E-state index in [0.29, 0.717) is 11.1 Å². The number of nitrogens with zero attached hydrogens (tertiary/aromatic N) is 1. The summed E-state index contributed by atoms with van der Waals surface area (Å²) in [6.45, 7) is 1.63. The number of hydrogen-bond donors (Lipinski definition) is 3. The van der Waals surface area contributed by atoms with E-state index in [2.05, 4.69) is 9.24 Å². The van der Waals surface area contributed by atoms with Crippen molar-refractivity contribution < 1.29 is 20.1 Å². The van der Waals surface area contributed by atoms with Crippen LogP contribution in [0, 0.1) is 11.3 Å². The van der Waals surface area contributed by atoms with Crippen molar-refractivity contribution in [3.63, 3.8) is 0 Å². The van der Waals surface area contributed by atoms with E-state index in [1.165, 1.54) is 0 Å². The zero-order chi connectivity index (χ0) is 14.2. The van der Waals surface area contributed by atoms with Gasteiger partial charge in [0.15, 0.2) is 0 Å². The van der Waals surface area contributed by atoms with Crippen LogP contribution >= 0.6 is 9.24 Å². The van der Waals surface area contributed by atoms with Gasteiger partial charge in [0.1, 0.15) is 24.4 Å². The van der Waals surface area contributed by atoms with Crippen LogP contribution in [-0.4, -0.2) is 39.7 Å². The highest BCUT2D eigenvalue weighted by Crippen LogP contribution is 2.31. The average Bonchev–Trinajstić information content (AvgIpc) is 2.66. The zero-order valence-corrected chi connectivity index (χ0v) is 11.5. The molecule has 3 N–H and O–H groups in total. The number of nitriles is 1.